The third-order valence-electron chi connectivity index (χ3n) is 3.35. The zero-order valence-corrected chi connectivity index (χ0v) is 13.4. The van der Waals surface area contributed by atoms with Gasteiger partial charge in [-0.15, -0.1) is 24.8 Å². The van der Waals surface area contributed by atoms with Gasteiger partial charge in [0.25, 0.3) is 0 Å². The number of amides is 1. The normalized spacial score (nSPS) is 18.1. The summed E-state index contributed by atoms with van der Waals surface area (Å²) in [5, 5.41) is 3.07. The molecule has 1 atom stereocenters. The number of carbonyl (C=O) groups is 1. The van der Waals surface area contributed by atoms with Gasteiger partial charge in [0.05, 0.1) is 6.61 Å². The first-order chi connectivity index (χ1) is 8.17. The molecule has 0 aromatic heterocycles. The number of methoxy groups -OCH3 is 1. The first-order valence-corrected chi connectivity index (χ1v) is 6.39. The SMILES string of the molecule is COCCN1CCC(NC(=O)C(C)CN)CC1.Cl.Cl. The summed E-state index contributed by atoms with van der Waals surface area (Å²) in [6.07, 6.45) is 2.04. The lowest BCUT2D eigenvalue weighted by Crippen LogP contribution is -2.47. The second-order valence-corrected chi connectivity index (χ2v) is 4.75. The first kappa shape index (κ1) is 21.2. The lowest BCUT2D eigenvalue weighted by molar-refractivity contribution is -0.125. The number of ether oxygens (including phenoxy) is 1. The highest BCUT2D eigenvalue weighted by atomic mass is 35.5. The van der Waals surface area contributed by atoms with Crippen LogP contribution in [0.3, 0.4) is 0 Å². The standard InChI is InChI=1S/C12H25N3O2.2ClH/c1-10(9-13)12(16)14-11-3-5-15(6-4-11)7-8-17-2;;/h10-11H,3-9,13H2,1-2H3,(H,14,16);2*1H. The van der Waals surface area contributed by atoms with Crippen molar-refractivity contribution < 1.29 is 9.53 Å². The number of nitrogens with two attached hydrogens (primary N) is 1. The fourth-order valence-corrected chi connectivity index (χ4v) is 1.97. The van der Waals surface area contributed by atoms with Crippen LogP contribution in [0.4, 0.5) is 0 Å². The smallest absolute Gasteiger partial charge is 0.224 e. The monoisotopic (exact) mass is 315 g/mol. The van der Waals surface area contributed by atoms with Gasteiger partial charge < -0.3 is 20.7 Å². The van der Waals surface area contributed by atoms with Gasteiger partial charge >= 0.3 is 0 Å². The Labute approximate surface area is 128 Å². The molecular formula is C12H27Cl2N3O2. The maximum absolute atomic E-state index is 11.7. The number of hydrogen-bond acceptors (Lipinski definition) is 4. The van der Waals surface area contributed by atoms with E-state index in [-0.39, 0.29) is 36.6 Å². The minimum atomic E-state index is -0.0819. The van der Waals surface area contributed by atoms with Gasteiger partial charge in [0.2, 0.25) is 5.91 Å². The highest BCUT2D eigenvalue weighted by Gasteiger charge is 2.21. The lowest BCUT2D eigenvalue weighted by atomic mass is 10.0. The van der Waals surface area contributed by atoms with Crippen LogP contribution < -0.4 is 11.1 Å². The molecule has 0 aromatic rings. The average Bonchev–Trinajstić information content (AvgIpc) is 2.37. The van der Waals surface area contributed by atoms with E-state index >= 15 is 0 Å². The number of nitrogens with zero attached hydrogens (tertiary/aromatic N) is 1. The van der Waals surface area contributed by atoms with Gasteiger partial charge in [-0.3, -0.25) is 4.79 Å². The Balaban J connectivity index is 0. The molecular weight excluding hydrogens is 289 g/mol. The van der Waals surface area contributed by atoms with E-state index in [0.717, 1.165) is 39.1 Å². The molecule has 7 heteroatoms. The third-order valence-corrected chi connectivity index (χ3v) is 3.35. The molecule has 1 rings (SSSR count). The summed E-state index contributed by atoms with van der Waals surface area (Å²) in [5.74, 6) is 0.00404. The number of hydrogen-bond donors (Lipinski definition) is 2. The molecule has 1 heterocycles. The molecule has 0 aromatic carbocycles. The quantitative estimate of drug-likeness (QED) is 0.755. The number of likely N-dealkylation sites (tertiary alicyclic amines) is 1. The maximum atomic E-state index is 11.7. The average molecular weight is 316 g/mol. The van der Waals surface area contributed by atoms with E-state index in [9.17, 15) is 4.79 Å². The van der Waals surface area contributed by atoms with Gasteiger partial charge in [0.1, 0.15) is 0 Å². The van der Waals surface area contributed by atoms with Crippen molar-refractivity contribution in [3.8, 4) is 0 Å². The largest absolute Gasteiger partial charge is 0.383 e. The van der Waals surface area contributed by atoms with E-state index < -0.39 is 0 Å². The van der Waals surface area contributed by atoms with E-state index in [1.54, 1.807) is 7.11 Å². The molecule has 1 fully saturated rings. The van der Waals surface area contributed by atoms with E-state index in [0.29, 0.717) is 12.6 Å². The summed E-state index contributed by atoms with van der Waals surface area (Å²) < 4.78 is 5.06. The fraction of sp³-hybridized carbons (Fsp3) is 0.917. The van der Waals surface area contributed by atoms with Crippen molar-refractivity contribution in [3.05, 3.63) is 0 Å². The molecule has 19 heavy (non-hydrogen) atoms. The number of piperidine rings is 1. The summed E-state index contributed by atoms with van der Waals surface area (Å²) in [7, 11) is 1.72. The zero-order valence-electron chi connectivity index (χ0n) is 11.8. The molecule has 0 bridgehead atoms. The number of rotatable bonds is 6. The van der Waals surface area contributed by atoms with Crippen LogP contribution in [0.2, 0.25) is 0 Å². The van der Waals surface area contributed by atoms with Gasteiger partial charge in [-0.2, -0.15) is 0 Å². The van der Waals surface area contributed by atoms with E-state index in [2.05, 4.69) is 10.2 Å². The Hall–Kier alpha value is -0.0700. The molecule has 5 nitrogen and oxygen atoms in total. The lowest BCUT2D eigenvalue weighted by Gasteiger charge is -2.32. The highest BCUT2D eigenvalue weighted by Crippen LogP contribution is 2.10. The molecule has 1 amide bonds. The topological polar surface area (TPSA) is 67.6 Å². The summed E-state index contributed by atoms with van der Waals surface area (Å²) in [4.78, 5) is 14.0. The van der Waals surface area contributed by atoms with E-state index in [1.807, 2.05) is 6.92 Å². The Morgan fingerprint density at radius 3 is 2.47 bits per heavy atom. The number of halogens is 2. The molecule has 1 aliphatic heterocycles. The van der Waals surface area contributed by atoms with Gasteiger partial charge in [0, 0.05) is 45.2 Å². The van der Waals surface area contributed by atoms with Crippen molar-refractivity contribution in [3.63, 3.8) is 0 Å². The van der Waals surface area contributed by atoms with Crippen molar-refractivity contribution in [2.24, 2.45) is 11.7 Å². The van der Waals surface area contributed by atoms with Gasteiger partial charge in [-0.1, -0.05) is 6.92 Å². The second-order valence-electron chi connectivity index (χ2n) is 4.75. The van der Waals surface area contributed by atoms with E-state index in [1.165, 1.54) is 0 Å². The van der Waals surface area contributed by atoms with Crippen molar-refractivity contribution in [1.29, 1.82) is 0 Å². The predicted octanol–water partition coefficient (Wildman–Crippen LogP) is 0.652. The minimum absolute atomic E-state index is 0. The number of nitrogens with one attached hydrogen (secondary N) is 1. The fourth-order valence-electron chi connectivity index (χ4n) is 1.97. The van der Waals surface area contributed by atoms with Crippen LogP contribution in [0.5, 0.6) is 0 Å². The summed E-state index contributed by atoms with van der Waals surface area (Å²) in [6, 6.07) is 0.315. The van der Waals surface area contributed by atoms with Crippen molar-refractivity contribution in [2.45, 2.75) is 25.8 Å². The third kappa shape index (κ3) is 7.95. The Morgan fingerprint density at radius 2 is 2.00 bits per heavy atom. The molecule has 116 valence electrons. The molecule has 0 aliphatic carbocycles. The maximum Gasteiger partial charge on any atom is 0.224 e. The van der Waals surface area contributed by atoms with Crippen LogP contribution in [-0.2, 0) is 9.53 Å². The Morgan fingerprint density at radius 1 is 1.42 bits per heavy atom. The van der Waals surface area contributed by atoms with Crippen LogP contribution in [0.25, 0.3) is 0 Å². The minimum Gasteiger partial charge on any atom is -0.383 e. The highest BCUT2D eigenvalue weighted by molar-refractivity contribution is 5.85. The summed E-state index contributed by atoms with van der Waals surface area (Å²) in [5.41, 5.74) is 5.47. The predicted molar refractivity (Wildman–Crippen MR) is 82.2 cm³/mol. The Kier molecular flexibility index (Phi) is 13.1. The van der Waals surface area contributed by atoms with Crippen LogP contribution in [0.1, 0.15) is 19.8 Å². The van der Waals surface area contributed by atoms with Crippen LogP contribution in [0, 0.1) is 5.92 Å². The van der Waals surface area contributed by atoms with E-state index in [4.69, 9.17) is 10.5 Å². The molecule has 1 unspecified atom stereocenters. The Bertz CT molecular complexity index is 237. The van der Waals surface area contributed by atoms with Crippen molar-refractivity contribution >= 4 is 30.7 Å². The summed E-state index contributed by atoms with van der Waals surface area (Å²) >= 11 is 0. The van der Waals surface area contributed by atoms with Gasteiger partial charge in [-0.25, -0.2) is 0 Å². The van der Waals surface area contributed by atoms with Crippen molar-refractivity contribution in [1.82, 2.24) is 10.2 Å². The molecule has 1 aliphatic rings. The van der Waals surface area contributed by atoms with Crippen LogP contribution in [-0.4, -0.2) is 56.7 Å². The van der Waals surface area contributed by atoms with Gasteiger partial charge in [-0.05, 0) is 12.8 Å². The van der Waals surface area contributed by atoms with Gasteiger partial charge in [0.15, 0.2) is 0 Å². The molecule has 0 radical (unpaired) electrons. The van der Waals surface area contributed by atoms with Crippen LogP contribution in [0.15, 0.2) is 0 Å². The first-order valence-electron chi connectivity index (χ1n) is 6.39. The molecule has 3 N–H and O–H groups in total. The second kappa shape index (κ2) is 11.7. The molecule has 0 spiro atoms. The van der Waals surface area contributed by atoms with Crippen LogP contribution >= 0.6 is 24.8 Å². The summed E-state index contributed by atoms with van der Waals surface area (Å²) in [6.45, 7) is 6.11. The molecule has 0 saturated carbocycles. The molecule has 1 saturated heterocycles. The van der Waals surface area contributed by atoms with Crippen molar-refractivity contribution in [2.75, 3.05) is 39.9 Å². The number of carbonyl (C=O) groups excluding carboxylic acids is 1. The zero-order chi connectivity index (χ0) is 12.7.